The lowest BCUT2D eigenvalue weighted by Gasteiger charge is -2.27. The second-order valence-electron chi connectivity index (χ2n) is 8.35. The summed E-state index contributed by atoms with van der Waals surface area (Å²) in [5.41, 5.74) is 3.20. The molecule has 0 radical (unpaired) electrons. The van der Waals surface area contributed by atoms with E-state index < -0.39 is 11.9 Å². The smallest absolute Gasteiger partial charge is 0.426 e. The molecule has 4 rings (SSSR count). The van der Waals surface area contributed by atoms with E-state index in [1.807, 2.05) is 26.8 Å². The number of amides is 1. The Morgan fingerprint density at radius 3 is 2.94 bits per heavy atom. The van der Waals surface area contributed by atoms with Gasteiger partial charge in [-0.3, -0.25) is 10.00 Å². The quantitative estimate of drug-likeness (QED) is 0.541. The number of aromatic hydroxyl groups is 1. The second-order valence-corrected chi connectivity index (χ2v) is 8.35. The van der Waals surface area contributed by atoms with Gasteiger partial charge in [-0.25, -0.2) is 14.2 Å². The number of nitrogens with zero attached hydrogens (tertiary/aromatic N) is 4. The van der Waals surface area contributed by atoms with Crippen molar-refractivity contribution in [3.8, 4) is 17.0 Å². The molecule has 2 aromatic heterocycles. The lowest BCUT2D eigenvalue weighted by Crippen LogP contribution is -2.42. The van der Waals surface area contributed by atoms with Crippen molar-refractivity contribution >= 4 is 17.1 Å². The number of hydrogen-bond donors (Lipinski definition) is 3. The van der Waals surface area contributed by atoms with Gasteiger partial charge in [-0.2, -0.15) is 5.10 Å². The van der Waals surface area contributed by atoms with Crippen LogP contribution in [0, 0.1) is 12.7 Å². The van der Waals surface area contributed by atoms with Gasteiger partial charge in [0.25, 0.3) is 0 Å². The number of benzene rings is 1. The van der Waals surface area contributed by atoms with E-state index in [9.17, 15) is 14.3 Å². The molecule has 33 heavy (non-hydrogen) atoms. The number of nitrogens with one attached hydrogen (secondary N) is 2. The molecule has 0 aliphatic carbocycles. The highest BCUT2D eigenvalue weighted by atomic mass is 19.1. The van der Waals surface area contributed by atoms with Crippen molar-refractivity contribution in [2.75, 3.05) is 26.2 Å². The van der Waals surface area contributed by atoms with E-state index in [0.29, 0.717) is 43.1 Å². The zero-order chi connectivity index (χ0) is 23.5. The Hall–Kier alpha value is -3.24. The van der Waals surface area contributed by atoms with Crippen LogP contribution < -0.4 is 5.32 Å². The predicted molar refractivity (Wildman–Crippen MR) is 122 cm³/mol. The molecule has 1 aliphatic rings. The van der Waals surface area contributed by atoms with Crippen LogP contribution in [0.5, 0.6) is 5.75 Å². The molecule has 1 aliphatic heterocycles. The molecule has 1 amide bonds. The van der Waals surface area contributed by atoms with Crippen LogP contribution >= 0.6 is 0 Å². The van der Waals surface area contributed by atoms with Gasteiger partial charge in [-0.1, -0.05) is 0 Å². The Morgan fingerprint density at radius 1 is 1.36 bits per heavy atom. The van der Waals surface area contributed by atoms with Crippen LogP contribution in [-0.4, -0.2) is 68.6 Å². The van der Waals surface area contributed by atoms with Crippen molar-refractivity contribution in [3.63, 3.8) is 0 Å². The minimum atomic E-state index is -0.537. The third-order valence-electron chi connectivity index (χ3n) is 5.80. The van der Waals surface area contributed by atoms with Gasteiger partial charge in [0.05, 0.1) is 17.4 Å². The molecule has 176 valence electrons. The van der Waals surface area contributed by atoms with Gasteiger partial charge in [-0.15, -0.1) is 5.06 Å². The maximum atomic E-state index is 14.6. The Kier molecular flexibility index (Phi) is 6.75. The van der Waals surface area contributed by atoms with Crippen molar-refractivity contribution in [3.05, 3.63) is 41.3 Å². The zero-order valence-corrected chi connectivity index (χ0v) is 19.1. The second kappa shape index (κ2) is 9.72. The SMILES string of the molecule is CCNC(=O)ON1CCCN(Cc2cc(-c3ccc(O)cc3F)nc3[nH]nc(C)c23)CC1C. The first-order valence-electron chi connectivity index (χ1n) is 11.1. The molecule has 0 saturated carbocycles. The summed E-state index contributed by atoms with van der Waals surface area (Å²) in [4.78, 5) is 24.2. The summed E-state index contributed by atoms with van der Waals surface area (Å²) >= 11 is 0. The Morgan fingerprint density at radius 2 is 2.18 bits per heavy atom. The average molecular weight is 457 g/mol. The van der Waals surface area contributed by atoms with Gasteiger partial charge in [0.1, 0.15) is 11.6 Å². The highest BCUT2D eigenvalue weighted by Gasteiger charge is 2.26. The zero-order valence-electron chi connectivity index (χ0n) is 19.1. The summed E-state index contributed by atoms with van der Waals surface area (Å²) in [6.45, 7) is 9.09. The summed E-state index contributed by atoms with van der Waals surface area (Å²) in [7, 11) is 0. The molecule has 9 nitrogen and oxygen atoms in total. The fourth-order valence-corrected chi connectivity index (χ4v) is 4.28. The molecule has 0 spiro atoms. The number of carbonyl (C=O) groups is 1. The summed E-state index contributed by atoms with van der Waals surface area (Å²) < 4.78 is 14.6. The van der Waals surface area contributed by atoms with Crippen molar-refractivity contribution in [2.45, 2.75) is 39.8 Å². The minimum Gasteiger partial charge on any atom is -0.508 e. The summed E-state index contributed by atoms with van der Waals surface area (Å²) in [5.74, 6) is -0.668. The van der Waals surface area contributed by atoms with Crippen LogP contribution in [0.25, 0.3) is 22.3 Å². The van der Waals surface area contributed by atoms with E-state index in [0.717, 1.165) is 35.7 Å². The topological polar surface area (TPSA) is 107 Å². The fourth-order valence-electron chi connectivity index (χ4n) is 4.28. The summed E-state index contributed by atoms with van der Waals surface area (Å²) in [6, 6.07) is 5.95. The van der Waals surface area contributed by atoms with Crippen LogP contribution in [0.3, 0.4) is 0 Å². The number of pyridine rings is 1. The van der Waals surface area contributed by atoms with Gasteiger partial charge < -0.3 is 15.3 Å². The molecule has 1 aromatic carbocycles. The number of hydrogen-bond acceptors (Lipinski definition) is 7. The number of H-pyrrole nitrogens is 1. The van der Waals surface area contributed by atoms with Crippen molar-refractivity contribution in [1.29, 1.82) is 0 Å². The first-order valence-corrected chi connectivity index (χ1v) is 11.1. The predicted octanol–water partition coefficient (Wildman–Crippen LogP) is 3.34. The van der Waals surface area contributed by atoms with Crippen LogP contribution in [0.15, 0.2) is 24.3 Å². The minimum absolute atomic E-state index is 0.00638. The molecule has 3 N–H and O–H groups in total. The number of aromatic amines is 1. The number of phenolic OH excluding ortho intramolecular Hbond substituents is 1. The lowest BCUT2D eigenvalue weighted by atomic mass is 10.0. The number of aromatic nitrogens is 3. The van der Waals surface area contributed by atoms with Crippen molar-refractivity contribution in [2.24, 2.45) is 0 Å². The number of phenols is 1. The van der Waals surface area contributed by atoms with E-state index in [1.165, 1.54) is 12.1 Å². The van der Waals surface area contributed by atoms with Crippen LogP contribution in [0.4, 0.5) is 9.18 Å². The maximum absolute atomic E-state index is 14.6. The fraction of sp³-hybridized carbons (Fsp3) is 0.435. The van der Waals surface area contributed by atoms with E-state index in [1.54, 1.807) is 5.06 Å². The van der Waals surface area contributed by atoms with Gasteiger partial charge >= 0.3 is 6.09 Å². The Balaban J connectivity index is 1.60. The third kappa shape index (κ3) is 5.07. The largest absolute Gasteiger partial charge is 0.508 e. The van der Waals surface area contributed by atoms with Crippen molar-refractivity contribution < 1.29 is 19.1 Å². The van der Waals surface area contributed by atoms with Crippen LogP contribution in [0.2, 0.25) is 0 Å². The molecule has 1 saturated heterocycles. The van der Waals surface area contributed by atoms with E-state index >= 15 is 0 Å². The molecule has 10 heteroatoms. The molecule has 1 unspecified atom stereocenters. The van der Waals surface area contributed by atoms with Gasteiger partial charge in [0, 0.05) is 43.2 Å². The van der Waals surface area contributed by atoms with Gasteiger partial charge in [0.15, 0.2) is 5.65 Å². The van der Waals surface area contributed by atoms with E-state index in [-0.39, 0.29) is 11.8 Å². The first-order chi connectivity index (χ1) is 15.9. The molecule has 0 bridgehead atoms. The monoisotopic (exact) mass is 456 g/mol. The normalized spacial score (nSPS) is 17.8. The van der Waals surface area contributed by atoms with E-state index in [2.05, 4.69) is 25.4 Å². The first kappa shape index (κ1) is 22.9. The number of hydroxylamine groups is 2. The Labute approximate surface area is 191 Å². The number of fused-ring (bicyclic) bond motifs is 1. The lowest BCUT2D eigenvalue weighted by molar-refractivity contribution is -0.124. The number of aryl methyl sites for hydroxylation is 1. The maximum Gasteiger partial charge on any atom is 0.426 e. The number of halogens is 1. The molecular weight excluding hydrogens is 427 g/mol. The highest BCUT2D eigenvalue weighted by Crippen LogP contribution is 2.30. The molecular formula is C23H29FN6O3. The van der Waals surface area contributed by atoms with Crippen molar-refractivity contribution in [1.82, 2.24) is 30.5 Å². The standard InChI is InChI=1S/C23H29FN6O3/c1-4-25-23(32)33-30-9-5-8-29(12-14(30)2)13-16-10-20(18-7-6-17(31)11-19(18)24)26-22-21(16)15(3)27-28-22/h6-7,10-11,14,31H,4-5,8-9,12-13H2,1-3H3,(H,25,32)(H,26,27,28). The number of carbonyl (C=O) groups excluding carboxylic acids is 1. The van der Waals surface area contributed by atoms with Crippen LogP contribution in [0.1, 0.15) is 31.5 Å². The molecule has 3 aromatic rings. The van der Waals surface area contributed by atoms with Crippen LogP contribution in [-0.2, 0) is 11.4 Å². The number of rotatable bonds is 5. The van der Waals surface area contributed by atoms with E-state index in [4.69, 9.17) is 4.84 Å². The summed E-state index contributed by atoms with van der Waals surface area (Å²) in [6.07, 6.45) is 0.394. The average Bonchev–Trinajstić information content (AvgIpc) is 3.05. The van der Waals surface area contributed by atoms with Gasteiger partial charge in [-0.05, 0) is 57.5 Å². The molecule has 3 heterocycles. The molecule has 1 atom stereocenters. The molecule has 1 fully saturated rings. The Bertz CT molecular complexity index is 1150. The van der Waals surface area contributed by atoms with Gasteiger partial charge in [0.2, 0.25) is 0 Å². The third-order valence-corrected chi connectivity index (χ3v) is 5.80. The summed E-state index contributed by atoms with van der Waals surface area (Å²) in [5, 5.41) is 22.1. The highest BCUT2D eigenvalue weighted by molar-refractivity contribution is 5.84.